The summed E-state index contributed by atoms with van der Waals surface area (Å²) in [4.78, 5) is 48.4. The van der Waals surface area contributed by atoms with E-state index in [4.69, 9.17) is 34.2 Å². The topological polar surface area (TPSA) is 170 Å². The molecule has 0 fully saturated rings. The molecule has 3 N–H and O–H groups in total. The summed E-state index contributed by atoms with van der Waals surface area (Å²) < 4.78 is 30.7. The third-order valence-electron chi connectivity index (χ3n) is 5.64. The number of benzene rings is 1. The Kier molecular flexibility index (Phi) is 15.5. The van der Waals surface area contributed by atoms with Crippen molar-refractivity contribution in [2.24, 2.45) is 11.7 Å². The molecule has 40 heavy (non-hydrogen) atoms. The van der Waals surface area contributed by atoms with Gasteiger partial charge in [-0.25, -0.2) is 14.4 Å². The lowest BCUT2D eigenvalue weighted by molar-refractivity contribution is -0.144. The molecule has 0 heterocycles. The predicted octanol–water partition coefficient (Wildman–Crippen LogP) is 5.62. The zero-order valence-corrected chi connectivity index (χ0v) is 24.1. The molecule has 1 aromatic carbocycles. The fraction of sp³-hybridized carbons (Fsp3) is 0.643. The van der Waals surface area contributed by atoms with E-state index >= 15 is 0 Å². The molecule has 0 saturated heterocycles. The molecule has 0 aliphatic carbocycles. The number of aliphatic carboxylic acids is 1. The van der Waals surface area contributed by atoms with Gasteiger partial charge in [0, 0.05) is 12.8 Å². The summed E-state index contributed by atoms with van der Waals surface area (Å²) in [5.74, 6) is -1.31. The molecule has 0 unspecified atom stereocenters. The molecule has 0 amide bonds. The van der Waals surface area contributed by atoms with Crippen LogP contribution in [0.3, 0.4) is 0 Å². The van der Waals surface area contributed by atoms with E-state index in [1.807, 2.05) is 27.7 Å². The highest BCUT2D eigenvalue weighted by molar-refractivity contribution is 5.79. The molecule has 0 bridgehead atoms. The second-order valence-corrected chi connectivity index (χ2v) is 9.94. The van der Waals surface area contributed by atoms with E-state index in [9.17, 15) is 24.3 Å². The highest BCUT2D eigenvalue weighted by Crippen LogP contribution is 2.31. The smallest absolute Gasteiger partial charge is 0.480 e. The molecule has 0 aliphatic rings. The highest BCUT2D eigenvalue weighted by atomic mass is 16.7. The molecule has 12 heteroatoms. The number of unbranched alkanes of at least 4 members (excludes halogenated alkanes) is 2. The van der Waals surface area contributed by atoms with E-state index in [0.29, 0.717) is 30.7 Å². The summed E-state index contributed by atoms with van der Waals surface area (Å²) in [7, 11) is 0. The summed E-state index contributed by atoms with van der Waals surface area (Å²) in [6.45, 7) is 9.81. The number of carbonyl (C=O) groups is 4. The van der Waals surface area contributed by atoms with Crippen molar-refractivity contribution >= 4 is 24.4 Å². The summed E-state index contributed by atoms with van der Waals surface area (Å²) in [5.41, 5.74) is 4.72. The number of rotatable bonds is 17. The Labute approximate surface area is 235 Å². The van der Waals surface area contributed by atoms with E-state index in [-0.39, 0.29) is 44.2 Å². The Morgan fingerprint density at radius 2 is 1.40 bits per heavy atom. The number of ether oxygens (including phenoxy) is 6. The van der Waals surface area contributed by atoms with Crippen LogP contribution in [0, 0.1) is 5.92 Å². The molecule has 0 radical (unpaired) electrons. The second-order valence-electron chi connectivity index (χ2n) is 9.94. The molecule has 0 spiro atoms. The number of nitrogens with two attached hydrogens (primary N) is 1. The van der Waals surface area contributed by atoms with E-state index in [1.165, 1.54) is 25.1 Å². The third-order valence-corrected chi connectivity index (χ3v) is 5.64. The van der Waals surface area contributed by atoms with Gasteiger partial charge < -0.3 is 39.3 Å². The zero-order valence-electron chi connectivity index (χ0n) is 24.1. The Hall–Kier alpha value is -3.54. The van der Waals surface area contributed by atoms with E-state index < -0.39 is 36.1 Å². The van der Waals surface area contributed by atoms with Gasteiger partial charge in [-0.15, -0.1) is 0 Å². The average Bonchev–Trinajstić information content (AvgIpc) is 2.85. The summed E-state index contributed by atoms with van der Waals surface area (Å²) in [6, 6.07) is 4.13. The zero-order chi connectivity index (χ0) is 30.1. The van der Waals surface area contributed by atoms with Gasteiger partial charge in [-0.3, -0.25) is 4.79 Å². The molecule has 12 nitrogen and oxygen atoms in total. The van der Waals surface area contributed by atoms with Crippen LogP contribution in [0.2, 0.25) is 0 Å². The second kappa shape index (κ2) is 17.9. The van der Waals surface area contributed by atoms with Gasteiger partial charge in [0.1, 0.15) is 11.6 Å². The molecule has 0 saturated carbocycles. The maximum Gasteiger partial charge on any atom is 0.513 e. The Balaban J connectivity index is 3.05. The quantitative estimate of drug-likeness (QED) is 0.103. The van der Waals surface area contributed by atoms with Crippen molar-refractivity contribution < 1.29 is 52.7 Å². The van der Waals surface area contributed by atoms with Crippen LogP contribution in [0.15, 0.2) is 18.2 Å². The number of hydrogen-bond donors (Lipinski definition) is 2. The predicted molar refractivity (Wildman–Crippen MR) is 144 cm³/mol. The van der Waals surface area contributed by atoms with Crippen LogP contribution in [0.5, 0.6) is 11.5 Å². The Morgan fingerprint density at radius 3 is 1.93 bits per heavy atom. The van der Waals surface area contributed by atoms with E-state index in [1.54, 1.807) is 0 Å². The monoisotopic (exact) mass is 569 g/mol. The minimum atomic E-state index is -1.86. The van der Waals surface area contributed by atoms with Crippen LogP contribution in [0.1, 0.15) is 78.7 Å². The van der Waals surface area contributed by atoms with Crippen LogP contribution in [-0.2, 0) is 30.2 Å². The molecular formula is C28H43NO11. The van der Waals surface area contributed by atoms with Gasteiger partial charge in [0.2, 0.25) is 0 Å². The van der Waals surface area contributed by atoms with Crippen LogP contribution in [0.4, 0.5) is 14.4 Å². The van der Waals surface area contributed by atoms with Crippen LogP contribution in [0.25, 0.3) is 0 Å². The van der Waals surface area contributed by atoms with Crippen molar-refractivity contribution in [2.75, 3.05) is 19.8 Å². The van der Waals surface area contributed by atoms with Crippen molar-refractivity contribution in [2.45, 2.75) is 91.2 Å². The van der Waals surface area contributed by atoms with Gasteiger partial charge >= 0.3 is 24.4 Å². The molecule has 0 aliphatic heterocycles. The maximum atomic E-state index is 12.2. The molecule has 1 rings (SSSR count). The lowest BCUT2D eigenvalue weighted by Crippen LogP contribution is -2.52. The van der Waals surface area contributed by atoms with E-state index in [2.05, 4.69) is 0 Å². The molecule has 2 atom stereocenters. The lowest BCUT2D eigenvalue weighted by Gasteiger charge is -2.28. The minimum absolute atomic E-state index is 0.128. The van der Waals surface area contributed by atoms with Crippen LogP contribution in [-0.4, -0.2) is 61.0 Å². The minimum Gasteiger partial charge on any atom is -0.480 e. The van der Waals surface area contributed by atoms with Crippen molar-refractivity contribution in [3.05, 3.63) is 23.8 Å². The van der Waals surface area contributed by atoms with Gasteiger partial charge in [0.25, 0.3) is 0 Å². The van der Waals surface area contributed by atoms with Gasteiger partial charge in [-0.05, 0) is 49.8 Å². The highest BCUT2D eigenvalue weighted by Gasteiger charge is 2.37. The number of carbonyl (C=O) groups excluding carboxylic acids is 3. The fourth-order valence-corrected chi connectivity index (χ4v) is 3.39. The number of hydrogen-bond acceptors (Lipinski definition) is 11. The van der Waals surface area contributed by atoms with E-state index in [0.717, 1.165) is 12.8 Å². The molecule has 226 valence electrons. The molecular weight excluding hydrogens is 526 g/mol. The van der Waals surface area contributed by atoms with Crippen molar-refractivity contribution in [3.8, 4) is 11.5 Å². The third kappa shape index (κ3) is 13.5. The largest absolute Gasteiger partial charge is 0.513 e. The first-order valence-electron chi connectivity index (χ1n) is 13.6. The van der Waals surface area contributed by atoms with Crippen molar-refractivity contribution in [1.29, 1.82) is 0 Å². The van der Waals surface area contributed by atoms with Crippen molar-refractivity contribution in [1.82, 2.24) is 0 Å². The summed E-state index contributed by atoms with van der Waals surface area (Å²) in [6.07, 6.45) is -0.733. The van der Waals surface area contributed by atoms with Crippen LogP contribution >= 0.6 is 0 Å². The Bertz CT molecular complexity index is 966. The van der Waals surface area contributed by atoms with Crippen molar-refractivity contribution in [3.63, 3.8) is 0 Å². The molecule has 1 aromatic rings. The summed E-state index contributed by atoms with van der Waals surface area (Å²) in [5, 5.41) is 9.90. The van der Waals surface area contributed by atoms with Gasteiger partial charge in [0.05, 0.1) is 19.8 Å². The average molecular weight is 570 g/mol. The first kappa shape index (κ1) is 34.5. The first-order valence-corrected chi connectivity index (χ1v) is 13.6. The normalized spacial score (nSPS) is 13.1. The standard InChI is InChI=1S/C28H43NO11/c1-6-8-13-35-26(33)39-22-11-10-21(16-23(22)40-27(34)36-14-9-7-2)18-28(29,24(30)31)17-20(5)38-25(32)37-15-12-19(3)4/h10-11,16,19-20H,6-9,12-15,17-18,29H2,1-5H3,(H,30,31)/t20-,28+/m0/s1. The fourth-order valence-electron chi connectivity index (χ4n) is 3.39. The number of carboxylic acid groups (broad SMARTS) is 1. The van der Waals surface area contributed by atoms with Gasteiger partial charge in [-0.2, -0.15) is 0 Å². The summed E-state index contributed by atoms with van der Waals surface area (Å²) >= 11 is 0. The SMILES string of the molecule is CCCCOC(=O)Oc1ccc(C[C@](N)(C[C@H](C)OC(=O)OCCC(C)C)C(=O)O)cc1OC(=O)OCCCC. The van der Waals surface area contributed by atoms with Gasteiger partial charge in [0.15, 0.2) is 11.5 Å². The van der Waals surface area contributed by atoms with Crippen LogP contribution < -0.4 is 15.2 Å². The lowest BCUT2D eigenvalue weighted by atomic mass is 9.86. The van der Waals surface area contributed by atoms with Gasteiger partial charge in [-0.1, -0.05) is 46.6 Å². The molecule has 0 aromatic heterocycles. The Morgan fingerprint density at radius 1 is 0.850 bits per heavy atom. The number of carboxylic acids is 1. The first-order chi connectivity index (χ1) is 18.9. The maximum absolute atomic E-state index is 12.2.